The Bertz CT molecular complexity index is 572. The lowest BCUT2D eigenvalue weighted by atomic mass is 9.98. The van der Waals surface area contributed by atoms with E-state index in [9.17, 15) is 0 Å². The maximum atomic E-state index is 6.38. The number of hydrogen-bond donors (Lipinski definition) is 1. The summed E-state index contributed by atoms with van der Waals surface area (Å²) >= 11 is 2.29. The molecule has 1 atom stereocenters. The van der Waals surface area contributed by atoms with E-state index in [4.69, 9.17) is 15.2 Å². The Morgan fingerprint density at radius 3 is 2.37 bits per heavy atom. The molecule has 19 heavy (non-hydrogen) atoms. The van der Waals surface area contributed by atoms with Crippen molar-refractivity contribution in [2.24, 2.45) is 5.73 Å². The van der Waals surface area contributed by atoms with Crippen LogP contribution in [0.25, 0.3) is 0 Å². The lowest BCUT2D eigenvalue weighted by Gasteiger charge is -2.18. The first-order valence-corrected chi connectivity index (χ1v) is 6.97. The number of rotatable bonds is 4. The van der Waals surface area contributed by atoms with Gasteiger partial charge < -0.3 is 15.2 Å². The Balaban J connectivity index is 2.48. The standard InChI is InChI=1S/C15H16INO2/c1-18-10-7-8-14(19-2)12(9-10)15(17)11-5-3-4-6-13(11)16/h3-9,15H,17H2,1-2H3. The second-order valence-electron chi connectivity index (χ2n) is 4.11. The largest absolute Gasteiger partial charge is 0.497 e. The first kappa shape index (κ1) is 14.1. The van der Waals surface area contributed by atoms with Crippen LogP contribution in [0.15, 0.2) is 42.5 Å². The highest BCUT2D eigenvalue weighted by Gasteiger charge is 2.17. The van der Waals surface area contributed by atoms with E-state index < -0.39 is 0 Å². The number of nitrogens with two attached hydrogens (primary N) is 1. The van der Waals surface area contributed by atoms with Crippen molar-refractivity contribution < 1.29 is 9.47 Å². The summed E-state index contributed by atoms with van der Waals surface area (Å²) in [6, 6.07) is 13.5. The predicted octanol–water partition coefficient (Wildman–Crippen LogP) is 3.36. The summed E-state index contributed by atoms with van der Waals surface area (Å²) in [4.78, 5) is 0. The quantitative estimate of drug-likeness (QED) is 0.841. The lowest BCUT2D eigenvalue weighted by molar-refractivity contribution is 0.397. The topological polar surface area (TPSA) is 44.5 Å². The normalized spacial score (nSPS) is 12.0. The van der Waals surface area contributed by atoms with E-state index in [1.807, 2.05) is 42.5 Å². The third kappa shape index (κ3) is 3.01. The molecule has 2 aromatic carbocycles. The summed E-state index contributed by atoms with van der Waals surface area (Å²) in [5.74, 6) is 1.55. The molecule has 2 rings (SSSR count). The second-order valence-corrected chi connectivity index (χ2v) is 5.27. The van der Waals surface area contributed by atoms with E-state index in [-0.39, 0.29) is 6.04 Å². The summed E-state index contributed by atoms with van der Waals surface area (Å²) in [5, 5.41) is 0. The summed E-state index contributed by atoms with van der Waals surface area (Å²) in [6.07, 6.45) is 0. The number of methoxy groups -OCH3 is 2. The highest BCUT2D eigenvalue weighted by molar-refractivity contribution is 14.1. The second kappa shape index (κ2) is 6.25. The third-order valence-electron chi connectivity index (χ3n) is 3.01. The van der Waals surface area contributed by atoms with Gasteiger partial charge in [0.25, 0.3) is 0 Å². The fourth-order valence-electron chi connectivity index (χ4n) is 1.98. The van der Waals surface area contributed by atoms with Crippen LogP contribution in [0.2, 0.25) is 0 Å². The molecular formula is C15H16INO2. The minimum Gasteiger partial charge on any atom is -0.497 e. The van der Waals surface area contributed by atoms with Crippen molar-refractivity contribution >= 4 is 22.6 Å². The molecule has 1 unspecified atom stereocenters. The van der Waals surface area contributed by atoms with Gasteiger partial charge in [-0.2, -0.15) is 0 Å². The fraction of sp³-hybridized carbons (Fsp3) is 0.200. The minimum atomic E-state index is -0.238. The summed E-state index contributed by atoms with van der Waals surface area (Å²) in [6.45, 7) is 0. The van der Waals surface area contributed by atoms with Crippen LogP contribution in [0.1, 0.15) is 17.2 Å². The van der Waals surface area contributed by atoms with Crippen molar-refractivity contribution in [2.45, 2.75) is 6.04 Å². The lowest BCUT2D eigenvalue weighted by Crippen LogP contribution is -2.14. The Morgan fingerprint density at radius 2 is 1.74 bits per heavy atom. The molecule has 0 amide bonds. The van der Waals surface area contributed by atoms with E-state index in [1.165, 1.54) is 0 Å². The van der Waals surface area contributed by atoms with Crippen LogP contribution < -0.4 is 15.2 Å². The van der Waals surface area contributed by atoms with Gasteiger partial charge in [0.1, 0.15) is 11.5 Å². The Morgan fingerprint density at radius 1 is 1.00 bits per heavy atom. The molecule has 0 aromatic heterocycles. The molecule has 2 aromatic rings. The molecule has 0 bridgehead atoms. The van der Waals surface area contributed by atoms with Crippen molar-refractivity contribution in [3.8, 4) is 11.5 Å². The maximum absolute atomic E-state index is 6.38. The van der Waals surface area contributed by atoms with Gasteiger partial charge >= 0.3 is 0 Å². The van der Waals surface area contributed by atoms with Crippen LogP contribution in [0.4, 0.5) is 0 Å². The number of ether oxygens (including phenoxy) is 2. The van der Waals surface area contributed by atoms with Crippen molar-refractivity contribution in [3.63, 3.8) is 0 Å². The van der Waals surface area contributed by atoms with Gasteiger partial charge in [0.05, 0.1) is 20.3 Å². The Kier molecular flexibility index (Phi) is 4.66. The summed E-state index contributed by atoms with van der Waals surface area (Å²) < 4.78 is 11.8. The van der Waals surface area contributed by atoms with Crippen molar-refractivity contribution in [1.82, 2.24) is 0 Å². The number of benzene rings is 2. The number of halogens is 1. The van der Waals surface area contributed by atoms with Gasteiger partial charge in [-0.1, -0.05) is 18.2 Å². The van der Waals surface area contributed by atoms with Crippen LogP contribution in [-0.2, 0) is 0 Å². The first-order valence-electron chi connectivity index (χ1n) is 5.89. The van der Waals surface area contributed by atoms with Gasteiger partial charge in [-0.15, -0.1) is 0 Å². The van der Waals surface area contributed by atoms with Gasteiger partial charge in [0, 0.05) is 9.13 Å². The maximum Gasteiger partial charge on any atom is 0.124 e. The molecule has 3 nitrogen and oxygen atoms in total. The van der Waals surface area contributed by atoms with Gasteiger partial charge in [-0.25, -0.2) is 0 Å². The van der Waals surface area contributed by atoms with E-state index in [0.29, 0.717) is 0 Å². The molecule has 0 aliphatic heterocycles. The molecule has 4 heteroatoms. The molecule has 0 radical (unpaired) electrons. The van der Waals surface area contributed by atoms with E-state index in [1.54, 1.807) is 14.2 Å². The highest BCUT2D eigenvalue weighted by atomic mass is 127. The van der Waals surface area contributed by atoms with Crippen molar-refractivity contribution in [1.29, 1.82) is 0 Å². The summed E-state index contributed by atoms with van der Waals surface area (Å²) in [5.41, 5.74) is 8.38. The van der Waals surface area contributed by atoms with Crippen LogP contribution in [-0.4, -0.2) is 14.2 Å². The number of hydrogen-bond acceptors (Lipinski definition) is 3. The molecule has 2 N–H and O–H groups in total. The molecule has 0 spiro atoms. The van der Waals surface area contributed by atoms with Gasteiger partial charge in [-0.3, -0.25) is 0 Å². The highest BCUT2D eigenvalue weighted by Crippen LogP contribution is 2.33. The SMILES string of the molecule is COc1ccc(OC)c(C(N)c2ccccc2I)c1. The van der Waals surface area contributed by atoms with E-state index in [2.05, 4.69) is 22.6 Å². The first-order chi connectivity index (χ1) is 9.17. The monoisotopic (exact) mass is 369 g/mol. The molecule has 0 aliphatic carbocycles. The van der Waals surface area contributed by atoms with Gasteiger partial charge in [0.15, 0.2) is 0 Å². The summed E-state index contributed by atoms with van der Waals surface area (Å²) in [7, 11) is 3.29. The zero-order valence-electron chi connectivity index (χ0n) is 10.9. The van der Waals surface area contributed by atoms with E-state index in [0.717, 1.165) is 26.2 Å². The van der Waals surface area contributed by atoms with Gasteiger partial charge in [-0.05, 0) is 52.4 Å². The van der Waals surface area contributed by atoms with E-state index >= 15 is 0 Å². The zero-order chi connectivity index (χ0) is 13.8. The molecular weight excluding hydrogens is 353 g/mol. The fourth-order valence-corrected chi connectivity index (χ4v) is 2.70. The average Bonchev–Trinajstić information content (AvgIpc) is 2.46. The molecule has 0 heterocycles. The molecule has 0 saturated carbocycles. The van der Waals surface area contributed by atoms with Crippen LogP contribution in [0, 0.1) is 3.57 Å². The Hall–Kier alpha value is -1.27. The average molecular weight is 369 g/mol. The Labute approximate surface area is 126 Å². The molecule has 0 aliphatic rings. The van der Waals surface area contributed by atoms with Crippen LogP contribution in [0.3, 0.4) is 0 Å². The van der Waals surface area contributed by atoms with Crippen LogP contribution >= 0.6 is 22.6 Å². The smallest absolute Gasteiger partial charge is 0.124 e. The molecule has 0 fully saturated rings. The zero-order valence-corrected chi connectivity index (χ0v) is 13.0. The third-order valence-corrected chi connectivity index (χ3v) is 3.99. The van der Waals surface area contributed by atoms with Crippen molar-refractivity contribution in [3.05, 3.63) is 57.2 Å². The molecule has 0 saturated heterocycles. The van der Waals surface area contributed by atoms with Gasteiger partial charge in [0.2, 0.25) is 0 Å². The van der Waals surface area contributed by atoms with Crippen molar-refractivity contribution in [2.75, 3.05) is 14.2 Å². The predicted molar refractivity (Wildman–Crippen MR) is 84.7 cm³/mol. The van der Waals surface area contributed by atoms with Crippen LogP contribution in [0.5, 0.6) is 11.5 Å². The minimum absolute atomic E-state index is 0.238. The molecule has 100 valence electrons.